The molecule has 0 aliphatic carbocycles. The quantitative estimate of drug-likeness (QED) is 0.0386. The number of aliphatic hydroxyl groups excluding tert-OH is 14. The molecule has 16 N–H and O–H groups in total. The van der Waals surface area contributed by atoms with Crippen molar-refractivity contribution in [2.24, 2.45) is 0 Å². The molecule has 0 bridgehead atoms. The molecule has 24 atom stereocenters. The number of amides is 2. The lowest BCUT2D eigenvalue weighted by Gasteiger charge is -2.47. The van der Waals surface area contributed by atoms with E-state index in [9.17, 15) is 81.1 Å². The van der Waals surface area contributed by atoms with Crippen LogP contribution in [0.2, 0.25) is 0 Å². The zero-order valence-corrected chi connectivity index (χ0v) is 57.8. The van der Waals surface area contributed by atoms with E-state index in [4.69, 9.17) is 37.9 Å². The van der Waals surface area contributed by atoms with E-state index in [1.165, 1.54) is 148 Å². The number of ether oxygens (including phenoxy) is 8. The van der Waals surface area contributed by atoms with E-state index >= 15 is 0 Å². The van der Waals surface area contributed by atoms with Crippen LogP contribution >= 0.6 is 0 Å². The maximum absolute atomic E-state index is 13.7. The summed E-state index contributed by atoms with van der Waals surface area (Å²) in [4.78, 5) is 26.0. The lowest BCUT2D eigenvalue weighted by atomic mass is 9.96. The van der Waals surface area contributed by atoms with Crippen LogP contribution in [0.4, 0.5) is 0 Å². The van der Waals surface area contributed by atoms with E-state index in [0.717, 1.165) is 64.7 Å². The summed E-state index contributed by atoms with van der Waals surface area (Å²) in [7, 11) is 0. The molecule has 4 heterocycles. The predicted octanol–water partition coefficient (Wildman–Crippen LogP) is 3.71. The fourth-order valence-corrected chi connectivity index (χ4v) is 13.1. The van der Waals surface area contributed by atoms with Gasteiger partial charge in [0.05, 0.1) is 44.7 Å². The summed E-state index contributed by atoms with van der Waals surface area (Å²) < 4.78 is 46.7. The predicted molar refractivity (Wildman–Crippen MR) is 351 cm³/mol. The molecule has 95 heavy (non-hydrogen) atoms. The van der Waals surface area contributed by atoms with Gasteiger partial charge < -0.3 is 120 Å². The minimum atomic E-state index is -2.09. The Labute approximate surface area is 565 Å². The lowest BCUT2D eigenvalue weighted by Crippen LogP contribution is -2.66. The maximum atomic E-state index is 13.7. The standard InChI is InChI=1S/C69H130N2O24/c1-5-7-9-11-13-15-17-19-21-22-23-24-25-27-29-31-33-35-37-39-48(76)65(87)71-46(53(77)47(75)38-36-34-32-30-28-26-20-18-16-14-12-10-8-6-2)41-88-69-64(59(83)54(78)49(40-72)91-69)95-68-61(85)58(82)56(80)51(93-68)42-89-66-52(70-45(4)74)57(81)55(79)50(92-66)43-90-67-62(86)60(84)63(94-67)44(3)73/h44,46-64,66-69,72-73,75-86H,5-43H2,1-4H3,(H,70,74)(H,71,87)/t44-,46-,47+,48+,49+,50+,51+,52+,53-,54-,55-,56-,57+,58-,59-,60-,61+,62-,63+,64+,66+,67-,68+,69-/m0/s1. The van der Waals surface area contributed by atoms with Gasteiger partial charge in [0.15, 0.2) is 25.2 Å². The highest BCUT2D eigenvalue weighted by molar-refractivity contribution is 5.80. The lowest BCUT2D eigenvalue weighted by molar-refractivity contribution is -0.371. The normalized spacial score (nSPS) is 32.0. The van der Waals surface area contributed by atoms with Crippen LogP contribution < -0.4 is 10.6 Å². The van der Waals surface area contributed by atoms with Crippen molar-refractivity contribution in [3.63, 3.8) is 0 Å². The van der Waals surface area contributed by atoms with E-state index < -0.39 is 185 Å². The van der Waals surface area contributed by atoms with Gasteiger partial charge in [0.1, 0.15) is 104 Å². The molecular formula is C69H130N2O24. The average molecular weight is 1370 g/mol. The Bertz CT molecular complexity index is 1960. The highest BCUT2D eigenvalue weighted by Gasteiger charge is 2.53. The Morgan fingerprint density at radius 1 is 0.432 bits per heavy atom. The summed E-state index contributed by atoms with van der Waals surface area (Å²) in [6.45, 7) is 4.01. The maximum Gasteiger partial charge on any atom is 0.249 e. The van der Waals surface area contributed by atoms with E-state index in [-0.39, 0.29) is 12.8 Å². The van der Waals surface area contributed by atoms with Crippen LogP contribution in [-0.2, 0) is 47.5 Å². The second-order valence-electron chi connectivity index (χ2n) is 27.5. The Morgan fingerprint density at radius 2 is 0.832 bits per heavy atom. The van der Waals surface area contributed by atoms with Crippen LogP contribution in [0.1, 0.15) is 252 Å². The van der Waals surface area contributed by atoms with Gasteiger partial charge in [-0.1, -0.05) is 226 Å². The van der Waals surface area contributed by atoms with E-state index in [0.29, 0.717) is 12.8 Å². The van der Waals surface area contributed by atoms with Crippen molar-refractivity contribution in [1.29, 1.82) is 0 Å². The fraction of sp³-hybridized carbons (Fsp3) is 0.971. The number of unbranched alkanes of at least 4 members (excludes halogenated alkanes) is 31. The Morgan fingerprint density at radius 3 is 1.27 bits per heavy atom. The van der Waals surface area contributed by atoms with Crippen molar-refractivity contribution >= 4 is 11.8 Å². The molecule has 560 valence electrons. The van der Waals surface area contributed by atoms with Crippen LogP contribution in [0.5, 0.6) is 0 Å². The molecule has 4 aliphatic heterocycles. The first-order valence-electron chi connectivity index (χ1n) is 36.8. The minimum Gasteiger partial charge on any atom is -0.394 e. The van der Waals surface area contributed by atoms with Gasteiger partial charge in [-0.15, -0.1) is 0 Å². The number of nitrogens with one attached hydrogen (secondary N) is 2. The topological polar surface area (TPSA) is 415 Å². The largest absolute Gasteiger partial charge is 0.394 e. The molecule has 0 unspecified atom stereocenters. The van der Waals surface area contributed by atoms with E-state index in [1.807, 2.05) is 0 Å². The number of carbonyl (C=O) groups excluding carboxylic acids is 2. The van der Waals surface area contributed by atoms with Crippen molar-refractivity contribution in [3.8, 4) is 0 Å². The fourth-order valence-electron chi connectivity index (χ4n) is 13.1. The highest BCUT2D eigenvalue weighted by Crippen LogP contribution is 2.33. The Kier molecular flexibility index (Phi) is 43.9. The van der Waals surface area contributed by atoms with Crippen molar-refractivity contribution in [2.45, 2.75) is 400 Å². The summed E-state index contributed by atoms with van der Waals surface area (Å²) in [5.41, 5.74) is 0. The molecule has 4 rings (SSSR count). The molecule has 0 spiro atoms. The van der Waals surface area contributed by atoms with Crippen LogP contribution in [0, 0.1) is 0 Å². The third-order valence-corrected chi connectivity index (χ3v) is 19.2. The number of rotatable bonds is 53. The summed E-state index contributed by atoms with van der Waals surface area (Å²) in [6, 6.07) is -2.92. The van der Waals surface area contributed by atoms with Gasteiger partial charge in [-0.2, -0.15) is 0 Å². The monoisotopic (exact) mass is 1370 g/mol. The van der Waals surface area contributed by atoms with Crippen molar-refractivity contribution in [2.75, 3.05) is 26.4 Å². The molecule has 26 heteroatoms. The number of hydrogen-bond donors (Lipinski definition) is 16. The van der Waals surface area contributed by atoms with Gasteiger partial charge in [-0.05, 0) is 19.8 Å². The zero-order chi connectivity index (χ0) is 69.7. The molecule has 0 aromatic carbocycles. The molecule has 4 aliphatic rings. The molecule has 0 saturated carbocycles. The smallest absolute Gasteiger partial charge is 0.249 e. The van der Waals surface area contributed by atoms with Gasteiger partial charge in [-0.3, -0.25) is 9.59 Å². The zero-order valence-electron chi connectivity index (χ0n) is 57.8. The van der Waals surface area contributed by atoms with Crippen LogP contribution in [-0.4, -0.2) is 257 Å². The van der Waals surface area contributed by atoms with Gasteiger partial charge in [0, 0.05) is 6.92 Å². The summed E-state index contributed by atoms with van der Waals surface area (Å²) >= 11 is 0. The van der Waals surface area contributed by atoms with Gasteiger partial charge in [-0.25, -0.2) is 0 Å². The highest BCUT2D eigenvalue weighted by atomic mass is 16.8. The summed E-state index contributed by atoms with van der Waals surface area (Å²) in [5.74, 6) is -1.53. The molecule has 2 amide bonds. The summed E-state index contributed by atoms with van der Waals surface area (Å²) in [5, 5.41) is 159. The van der Waals surface area contributed by atoms with Crippen molar-refractivity contribution in [3.05, 3.63) is 0 Å². The van der Waals surface area contributed by atoms with E-state index in [1.54, 1.807) is 0 Å². The third-order valence-electron chi connectivity index (χ3n) is 19.2. The molecular weight excluding hydrogens is 1240 g/mol. The van der Waals surface area contributed by atoms with Gasteiger partial charge in [0.2, 0.25) is 11.8 Å². The van der Waals surface area contributed by atoms with Crippen LogP contribution in [0.25, 0.3) is 0 Å². The first kappa shape index (κ1) is 85.5. The first-order chi connectivity index (χ1) is 45.7. The van der Waals surface area contributed by atoms with Crippen molar-refractivity contribution < 1.29 is 119 Å². The van der Waals surface area contributed by atoms with E-state index in [2.05, 4.69) is 24.5 Å². The number of carbonyl (C=O) groups is 2. The molecule has 0 radical (unpaired) electrons. The Hall–Kier alpha value is -1.94. The molecule has 26 nitrogen and oxygen atoms in total. The summed E-state index contributed by atoms with van der Waals surface area (Å²) in [6.07, 6.45) is 1.56. The van der Waals surface area contributed by atoms with Crippen LogP contribution in [0.3, 0.4) is 0 Å². The number of aliphatic hydroxyl groups is 14. The second-order valence-corrected chi connectivity index (χ2v) is 27.5. The Balaban J connectivity index is 1.37. The SMILES string of the molecule is CCCCCCCCCCCCCCCCCCCCC[C@@H](O)C(=O)N[C@@H](CO[C@H]1O[C@H](CO)[C@H](O)[C@H](O)[C@H]1O[C@H]1O[C@H](CO[C@@H]2O[C@H](CO[C@H]3O[C@H]([C@H](C)O)[C@@H](O)[C@@H]3O)[C@H](O)[C@H](O)[C@H]2NC(C)=O)[C@H](O)[C@H](O)[C@H]1O)[C@H](O)[C@H](O)CCCCCCCCCCCCCCCC. The first-order valence-corrected chi connectivity index (χ1v) is 36.8. The molecule has 0 aromatic rings. The molecule has 4 saturated heterocycles. The van der Waals surface area contributed by atoms with Gasteiger partial charge >= 0.3 is 0 Å². The van der Waals surface area contributed by atoms with Crippen molar-refractivity contribution in [1.82, 2.24) is 10.6 Å². The van der Waals surface area contributed by atoms with Gasteiger partial charge in [0.25, 0.3) is 0 Å². The molecule has 4 fully saturated rings. The third kappa shape index (κ3) is 30.7. The second kappa shape index (κ2) is 48.8. The van der Waals surface area contributed by atoms with Crippen LogP contribution in [0.15, 0.2) is 0 Å². The minimum absolute atomic E-state index is 0.126. The average Bonchev–Trinajstić information content (AvgIpc) is 1.55. The number of hydrogen-bond acceptors (Lipinski definition) is 24. The molecule has 0 aromatic heterocycles.